The van der Waals surface area contributed by atoms with E-state index in [-0.39, 0.29) is 17.7 Å². The monoisotopic (exact) mass is 512 g/mol. The molecule has 0 radical (unpaired) electrons. The van der Waals surface area contributed by atoms with E-state index < -0.39 is 10.4 Å². The third-order valence-corrected chi connectivity index (χ3v) is 6.69. The van der Waals surface area contributed by atoms with Crippen LogP contribution < -0.4 is 14.0 Å². The second kappa shape index (κ2) is 9.70. The predicted octanol–water partition coefficient (Wildman–Crippen LogP) is 3.30. The van der Waals surface area contributed by atoms with Crippen LogP contribution in [-0.4, -0.2) is 58.7 Å². The molecule has 1 saturated heterocycles. The molecular weight excluding hydrogens is 487 g/mol. The highest BCUT2D eigenvalue weighted by atomic mass is 32.3. The first-order valence-corrected chi connectivity index (χ1v) is 12.8. The molecule has 0 amide bonds. The van der Waals surface area contributed by atoms with E-state index in [4.69, 9.17) is 9.54 Å². The summed E-state index contributed by atoms with van der Waals surface area (Å²) in [5.74, 6) is 0.653. The van der Waals surface area contributed by atoms with E-state index in [0.29, 0.717) is 12.5 Å². The van der Waals surface area contributed by atoms with E-state index in [9.17, 15) is 12.8 Å². The van der Waals surface area contributed by atoms with Crippen LogP contribution in [0.25, 0.3) is 11.0 Å². The fourth-order valence-corrected chi connectivity index (χ4v) is 4.81. The molecule has 3 heterocycles. The second-order valence-electron chi connectivity index (χ2n) is 8.65. The van der Waals surface area contributed by atoms with Crippen molar-refractivity contribution in [2.45, 2.75) is 25.4 Å². The highest BCUT2D eigenvalue weighted by Gasteiger charge is 2.27. The fraction of sp³-hybridized carbons (Fsp3) is 0.292. The van der Waals surface area contributed by atoms with E-state index in [1.165, 1.54) is 24.4 Å². The summed E-state index contributed by atoms with van der Waals surface area (Å²) < 4.78 is 51.0. The number of benzene rings is 2. The molecule has 0 bridgehead atoms. The van der Waals surface area contributed by atoms with Gasteiger partial charge >= 0.3 is 10.4 Å². The van der Waals surface area contributed by atoms with Gasteiger partial charge in [0.15, 0.2) is 0 Å². The molecule has 2 aromatic heterocycles. The first kappa shape index (κ1) is 23.9. The third-order valence-electron chi connectivity index (χ3n) is 6.31. The van der Waals surface area contributed by atoms with Gasteiger partial charge in [0, 0.05) is 38.4 Å². The maximum absolute atomic E-state index is 13.4. The molecule has 2 aromatic carbocycles. The lowest BCUT2D eigenvalue weighted by atomic mass is 10.0. The average molecular weight is 513 g/mol. The number of imidazole rings is 1. The fourth-order valence-electron chi connectivity index (χ4n) is 4.51. The van der Waals surface area contributed by atoms with Gasteiger partial charge < -0.3 is 18.6 Å². The Balaban J connectivity index is 1.33. The van der Waals surface area contributed by atoms with Gasteiger partial charge in [-0.1, -0.05) is 24.3 Å². The Labute approximate surface area is 207 Å². The van der Waals surface area contributed by atoms with Crippen molar-refractivity contribution < 1.29 is 21.5 Å². The van der Waals surface area contributed by atoms with Gasteiger partial charge in [0.2, 0.25) is 17.8 Å². The Kier molecular flexibility index (Phi) is 6.46. The van der Waals surface area contributed by atoms with Gasteiger partial charge in [0.05, 0.1) is 17.6 Å². The molecule has 10 nitrogen and oxygen atoms in total. The normalized spacial score (nSPS) is 14.8. The highest BCUT2D eigenvalue weighted by molar-refractivity contribution is 7.81. The third kappa shape index (κ3) is 5.24. The molecule has 1 N–H and O–H groups in total. The van der Waals surface area contributed by atoms with Gasteiger partial charge in [0.1, 0.15) is 5.82 Å². The van der Waals surface area contributed by atoms with E-state index in [1.807, 2.05) is 36.2 Å². The number of hydrogen-bond acceptors (Lipinski definition) is 8. The molecule has 0 saturated carbocycles. The Morgan fingerprint density at radius 2 is 1.81 bits per heavy atom. The second-order valence-corrected chi connectivity index (χ2v) is 9.67. The van der Waals surface area contributed by atoms with Gasteiger partial charge in [-0.05, 0) is 42.7 Å². The SMILES string of the molecule is CN(c1nccc(OS(=O)(=O)O)n1)C1CCN(c2nc3ccccc3n2Cc2ccc(F)cc2)CC1. The standard InChI is InChI=1S/C24H25FN6O4S/c1-29(23-26-13-10-22(28-23)35-36(32,33)34)19-11-14-30(15-12-19)24-27-20-4-2-3-5-21(20)31(24)16-17-6-8-18(25)9-7-17/h2-10,13,19H,11-12,14-16H2,1H3,(H,32,33,34). The summed E-state index contributed by atoms with van der Waals surface area (Å²) in [6.45, 7) is 2.05. The maximum atomic E-state index is 13.4. The van der Waals surface area contributed by atoms with Crippen molar-refractivity contribution in [1.82, 2.24) is 19.5 Å². The number of rotatable bonds is 7. The number of fused-ring (bicyclic) bond motifs is 1. The van der Waals surface area contributed by atoms with E-state index >= 15 is 0 Å². The summed E-state index contributed by atoms with van der Waals surface area (Å²) in [6, 6.07) is 15.8. The summed E-state index contributed by atoms with van der Waals surface area (Å²) in [5, 5.41) is 0. The van der Waals surface area contributed by atoms with Crippen LogP contribution in [-0.2, 0) is 16.9 Å². The molecule has 1 aliphatic heterocycles. The van der Waals surface area contributed by atoms with Crippen molar-refractivity contribution in [3.8, 4) is 5.88 Å². The number of hydrogen-bond donors (Lipinski definition) is 1. The van der Waals surface area contributed by atoms with Gasteiger partial charge in [-0.25, -0.2) is 14.4 Å². The summed E-state index contributed by atoms with van der Waals surface area (Å²) >= 11 is 0. The zero-order valence-corrected chi connectivity index (χ0v) is 20.3. The van der Waals surface area contributed by atoms with Crippen LogP contribution in [0, 0.1) is 5.82 Å². The Morgan fingerprint density at radius 3 is 2.53 bits per heavy atom. The Bertz CT molecular complexity index is 1470. The highest BCUT2D eigenvalue weighted by Crippen LogP contribution is 2.28. The van der Waals surface area contributed by atoms with Crippen molar-refractivity contribution in [1.29, 1.82) is 0 Å². The van der Waals surface area contributed by atoms with Crippen LogP contribution >= 0.6 is 0 Å². The molecule has 0 atom stereocenters. The Hall–Kier alpha value is -3.77. The molecule has 188 valence electrons. The Morgan fingerprint density at radius 1 is 1.08 bits per heavy atom. The largest absolute Gasteiger partial charge is 0.447 e. The van der Waals surface area contributed by atoms with Gasteiger partial charge in [-0.15, -0.1) is 0 Å². The molecule has 5 rings (SSSR count). The summed E-state index contributed by atoms with van der Waals surface area (Å²) in [4.78, 5) is 17.4. The van der Waals surface area contributed by atoms with Crippen LogP contribution in [0.4, 0.5) is 16.3 Å². The molecular formula is C24H25FN6O4S. The molecule has 1 fully saturated rings. The van der Waals surface area contributed by atoms with Crippen molar-refractivity contribution in [3.05, 3.63) is 72.2 Å². The summed E-state index contributed by atoms with van der Waals surface area (Å²) in [5.41, 5.74) is 2.90. The van der Waals surface area contributed by atoms with Crippen LogP contribution in [0.2, 0.25) is 0 Å². The average Bonchev–Trinajstić information content (AvgIpc) is 3.22. The zero-order chi connectivity index (χ0) is 25.3. The van der Waals surface area contributed by atoms with E-state index in [0.717, 1.165) is 48.5 Å². The minimum Gasteiger partial charge on any atom is -0.342 e. The molecule has 0 aliphatic carbocycles. The van der Waals surface area contributed by atoms with E-state index in [2.05, 4.69) is 23.6 Å². The van der Waals surface area contributed by atoms with E-state index in [1.54, 1.807) is 12.1 Å². The van der Waals surface area contributed by atoms with Gasteiger partial charge in [-0.2, -0.15) is 13.4 Å². The first-order valence-electron chi connectivity index (χ1n) is 11.4. The molecule has 36 heavy (non-hydrogen) atoms. The first-order chi connectivity index (χ1) is 17.3. The zero-order valence-electron chi connectivity index (χ0n) is 19.5. The predicted molar refractivity (Wildman–Crippen MR) is 133 cm³/mol. The number of halogens is 1. The number of aromatic nitrogens is 4. The maximum Gasteiger partial charge on any atom is 0.447 e. The van der Waals surface area contributed by atoms with Crippen LogP contribution in [0.5, 0.6) is 5.88 Å². The smallest absolute Gasteiger partial charge is 0.342 e. The minimum absolute atomic E-state index is 0.108. The minimum atomic E-state index is -4.67. The van der Waals surface area contributed by atoms with Crippen LogP contribution in [0.15, 0.2) is 60.8 Å². The van der Waals surface area contributed by atoms with Crippen molar-refractivity contribution in [2.24, 2.45) is 0 Å². The van der Waals surface area contributed by atoms with Crippen LogP contribution in [0.3, 0.4) is 0 Å². The van der Waals surface area contributed by atoms with Crippen LogP contribution in [0.1, 0.15) is 18.4 Å². The summed E-state index contributed by atoms with van der Waals surface area (Å²) in [6.07, 6.45) is 2.97. The van der Waals surface area contributed by atoms with Gasteiger partial charge in [0.25, 0.3) is 0 Å². The molecule has 4 aromatic rings. The lowest BCUT2D eigenvalue weighted by molar-refractivity contribution is 0.380. The quantitative estimate of drug-likeness (QED) is 0.373. The van der Waals surface area contributed by atoms with Crippen molar-refractivity contribution in [3.63, 3.8) is 0 Å². The number of nitrogens with zero attached hydrogens (tertiary/aromatic N) is 6. The lowest BCUT2D eigenvalue weighted by Gasteiger charge is -2.37. The van der Waals surface area contributed by atoms with Gasteiger partial charge in [-0.3, -0.25) is 4.55 Å². The molecule has 1 aliphatic rings. The molecule has 0 spiro atoms. The van der Waals surface area contributed by atoms with Crippen molar-refractivity contribution in [2.75, 3.05) is 29.9 Å². The number of piperidine rings is 1. The molecule has 0 unspecified atom stereocenters. The lowest BCUT2D eigenvalue weighted by Crippen LogP contribution is -2.44. The number of para-hydroxylation sites is 2. The topological polar surface area (TPSA) is 114 Å². The number of anilines is 2. The summed E-state index contributed by atoms with van der Waals surface area (Å²) in [7, 11) is -2.82. The van der Waals surface area contributed by atoms with Crippen molar-refractivity contribution >= 4 is 33.3 Å². The molecule has 12 heteroatoms.